The minimum Gasteiger partial charge on any atom is -0.351 e. The molecule has 0 aromatic heterocycles. The number of carbonyl (C=O) groups excluding carboxylic acids is 1. The molecule has 0 heterocycles. The standard InChI is InChI=1S/C10H21N3O/c1-13(2)9-6-4-3-5-8(9)12-10(14)7-11/h8-9H,3-7,11H2,1-2H3,(H,12,14)/t8-,9-/m0/s1. The van der Waals surface area contributed by atoms with Crippen LogP contribution in [0.5, 0.6) is 0 Å². The summed E-state index contributed by atoms with van der Waals surface area (Å²) in [7, 11) is 4.13. The molecule has 4 nitrogen and oxygen atoms in total. The molecule has 1 rings (SSSR count). The van der Waals surface area contributed by atoms with Crippen LogP contribution in [0.15, 0.2) is 0 Å². The van der Waals surface area contributed by atoms with Crippen molar-refractivity contribution >= 4 is 5.91 Å². The Balaban J connectivity index is 2.49. The van der Waals surface area contributed by atoms with Crippen LogP contribution in [0, 0.1) is 0 Å². The fourth-order valence-electron chi connectivity index (χ4n) is 2.16. The number of nitrogens with zero attached hydrogens (tertiary/aromatic N) is 1. The zero-order chi connectivity index (χ0) is 10.6. The Labute approximate surface area is 85.8 Å². The topological polar surface area (TPSA) is 58.4 Å². The molecule has 14 heavy (non-hydrogen) atoms. The summed E-state index contributed by atoms with van der Waals surface area (Å²) < 4.78 is 0. The second kappa shape index (κ2) is 5.32. The van der Waals surface area contributed by atoms with Crippen LogP contribution in [0.4, 0.5) is 0 Å². The fourth-order valence-corrected chi connectivity index (χ4v) is 2.16. The van der Waals surface area contributed by atoms with E-state index in [9.17, 15) is 4.79 Å². The van der Waals surface area contributed by atoms with Gasteiger partial charge in [-0.3, -0.25) is 4.79 Å². The van der Waals surface area contributed by atoms with E-state index in [1.807, 2.05) is 0 Å². The molecule has 1 aliphatic rings. The molecule has 1 saturated carbocycles. The van der Waals surface area contributed by atoms with E-state index in [1.165, 1.54) is 19.3 Å². The predicted octanol–water partition coefficient (Wildman–Crippen LogP) is -0.0659. The van der Waals surface area contributed by atoms with Crippen molar-refractivity contribution in [3.05, 3.63) is 0 Å². The first-order valence-corrected chi connectivity index (χ1v) is 5.31. The van der Waals surface area contributed by atoms with Crippen LogP contribution in [0.2, 0.25) is 0 Å². The van der Waals surface area contributed by atoms with Gasteiger partial charge in [0.05, 0.1) is 6.54 Å². The molecule has 0 aromatic rings. The van der Waals surface area contributed by atoms with E-state index in [4.69, 9.17) is 5.73 Å². The van der Waals surface area contributed by atoms with Crippen molar-refractivity contribution in [3.63, 3.8) is 0 Å². The minimum absolute atomic E-state index is 0.0382. The first-order valence-electron chi connectivity index (χ1n) is 5.31. The van der Waals surface area contributed by atoms with Gasteiger partial charge in [0.15, 0.2) is 0 Å². The maximum Gasteiger partial charge on any atom is 0.234 e. The Hall–Kier alpha value is -0.610. The first kappa shape index (κ1) is 11.5. The average Bonchev–Trinajstić information content (AvgIpc) is 2.18. The van der Waals surface area contributed by atoms with E-state index < -0.39 is 0 Å². The lowest BCUT2D eigenvalue weighted by Crippen LogP contribution is -2.52. The molecular weight excluding hydrogens is 178 g/mol. The fraction of sp³-hybridized carbons (Fsp3) is 0.900. The molecule has 0 unspecified atom stereocenters. The maximum absolute atomic E-state index is 11.2. The van der Waals surface area contributed by atoms with Gasteiger partial charge in [-0.05, 0) is 26.9 Å². The van der Waals surface area contributed by atoms with Crippen molar-refractivity contribution in [2.45, 2.75) is 37.8 Å². The number of rotatable bonds is 3. The Bertz CT molecular complexity index is 194. The summed E-state index contributed by atoms with van der Waals surface area (Å²) >= 11 is 0. The summed E-state index contributed by atoms with van der Waals surface area (Å²) in [6.07, 6.45) is 4.72. The highest BCUT2D eigenvalue weighted by Crippen LogP contribution is 2.21. The van der Waals surface area contributed by atoms with Crippen molar-refractivity contribution in [2.75, 3.05) is 20.6 Å². The van der Waals surface area contributed by atoms with Gasteiger partial charge in [0.25, 0.3) is 0 Å². The van der Waals surface area contributed by atoms with Crippen LogP contribution in [0.3, 0.4) is 0 Å². The molecule has 3 N–H and O–H groups in total. The van der Waals surface area contributed by atoms with E-state index in [-0.39, 0.29) is 18.5 Å². The molecular formula is C10H21N3O. The molecule has 0 saturated heterocycles. The molecule has 1 amide bonds. The Morgan fingerprint density at radius 1 is 1.43 bits per heavy atom. The molecule has 1 fully saturated rings. The molecule has 0 radical (unpaired) electrons. The number of amides is 1. The highest BCUT2D eigenvalue weighted by atomic mass is 16.1. The lowest BCUT2D eigenvalue weighted by Gasteiger charge is -2.36. The van der Waals surface area contributed by atoms with E-state index in [2.05, 4.69) is 24.3 Å². The number of nitrogens with one attached hydrogen (secondary N) is 1. The quantitative estimate of drug-likeness (QED) is 0.669. The van der Waals surface area contributed by atoms with Gasteiger partial charge >= 0.3 is 0 Å². The molecule has 2 atom stereocenters. The number of hydrogen-bond acceptors (Lipinski definition) is 3. The van der Waals surface area contributed by atoms with Crippen LogP contribution in [-0.4, -0.2) is 43.5 Å². The van der Waals surface area contributed by atoms with Gasteiger partial charge in [0.2, 0.25) is 5.91 Å². The summed E-state index contributed by atoms with van der Waals surface area (Å²) in [6.45, 7) is 0.0939. The minimum atomic E-state index is -0.0382. The van der Waals surface area contributed by atoms with Gasteiger partial charge in [-0.15, -0.1) is 0 Å². The van der Waals surface area contributed by atoms with Crippen LogP contribution in [0.1, 0.15) is 25.7 Å². The summed E-state index contributed by atoms with van der Waals surface area (Å²) in [5.41, 5.74) is 5.29. The van der Waals surface area contributed by atoms with Gasteiger partial charge in [-0.2, -0.15) is 0 Å². The number of hydrogen-bond donors (Lipinski definition) is 2. The number of likely N-dealkylation sites (N-methyl/N-ethyl adjacent to an activating group) is 1. The van der Waals surface area contributed by atoms with Crippen molar-refractivity contribution in [2.24, 2.45) is 5.73 Å². The molecule has 82 valence electrons. The van der Waals surface area contributed by atoms with Crippen LogP contribution in [-0.2, 0) is 4.79 Å². The van der Waals surface area contributed by atoms with E-state index >= 15 is 0 Å². The lowest BCUT2D eigenvalue weighted by molar-refractivity contribution is -0.121. The molecule has 0 spiro atoms. The summed E-state index contributed by atoms with van der Waals surface area (Å²) in [5.74, 6) is -0.0382. The lowest BCUT2D eigenvalue weighted by atomic mass is 9.89. The third-order valence-electron chi connectivity index (χ3n) is 2.92. The summed E-state index contributed by atoms with van der Waals surface area (Å²) in [5, 5.41) is 2.99. The Morgan fingerprint density at radius 3 is 2.64 bits per heavy atom. The molecule has 0 aliphatic heterocycles. The van der Waals surface area contributed by atoms with E-state index in [1.54, 1.807) is 0 Å². The molecule has 1 aliphatic carbocycles. The third kappa shape index (κ3) is 2.96. The van der Waals surface area contributed by atoms with E-state index in [0.717, 1.165) is 6.42 Å². The van der Waals surface area contributed by atoms with Gasteiger partial charge in [-0.1, -0.05) is 12.8 Å². The van der Waals surface area contributed by atoms with Crippen LogP contribution < -0.4 is 11.1 Å². The van der Waals surface area contributed by atoms with Gasteiger partial charge in [-0.25, -0.2) is 0 Å². The zero-order valence-corrected chi connectivity index (χ0v) is 9.12. The third-order valence-corrected chi connectivity index (χ3v) is 2.92. The first-order chi connectivity index (χ1) is 6.65. The normalized spacial score (nSPS) is 27.7. The highest BCUT2D eigenvalue weighted by Gasteiger charge is 2.27. The van der Waals surface area contributed by atoms with Crippen LogP contribution in [0.25, 0.3) is 0 Å². The molecule has 0 bridgehead atoms. The van der Waals surface area contributed by atoms with Crippen molar-refractivity contribution in [3.8, 4) is 0 Å². The largest absolute Gasteiger partial charge is 0.351 e. The van der Waals surface area contributed by atoms with Gasteiger partial charge < -0.3 is 16.0 Å². The van der Waals surface area contributed by atoms with Crippen molar-refractivity contribution in [1.82, 2.24) is 10.2 Å². The van der Waals surface area contributed by atoms with E-state index in [0.29, 0.717) is 6.04 Å². The van der Waals surface area contributed by atoms with Gasteiger partial charge in [0.1, 0.15) is 0 Å². The Morgan fingerprint density at radius 2 is 2.07 bits per heavy atom. The van der Waals surface area contributed by atoms with Crippen molar-refractivity contribution in [1.29, 1.82) is 0 Å². The second-order valence-corrected chi connectivity index (χ2v) is 4.19. The Kier molecular flexibility index (Phi) is 4.35. The summed E-state index contributed by atoms with van der Waals surface area (Å²) in [4.78, 5) is 13.4. The predicted molar refractivity (Wildman–Crippen MR) is 56.9 cm³/mol. The average molecular weight is 199 g/mol. The molecule has 4 heteroatoms. The number of nitrogens with two attached hydrogens (primary N) is 1. The van der Waals surface area contributed by atoms with Crippen molar-refractivity contribution < 1.29 is 4.79 Å². The number of carbonyl (C=O) groups is 1. The molecule has 0 aromatic carbocycles. The van der Waals surface area contributed by atoms with Crippen LogP contribution >= 0.6 is 0 Å². The smallest absolute Gasteiger partial charge is 0.234 e. The summed E-state index contributed by atoms with van der Waals surface area (Å²) in [6, 6.07) is 0.758. The highest BCUT2D eigenvalue weighted by molar-refractivity contribution is 5.78. The van der Waals surface area contributed by atoms with Gasteiger partial charge in [0, 0.05) is 12.1 Å². The maximum atomic E-state index is 11.2. The second-order valence-electron chi connectivity index (χ2n) is 4.19. The monoisotopic (exact) mass is 199 g/mol. The SMILES string of the molecule is CN(C)[C@H]1CCCC[C@@H]1NC(=O)CN. The zero-order valence-electron chi connectivity index (χ0n) is 9.12.